The highest BCUT2D eigenvalue weighted by atomic mass is 16.5. The zero-order valence-electron chi connectivity index (χ0n) is 18.4. The molecule has 2 aliphatic heterocycles. The van der Waals surface area contributed by atoms with Gasteiger partial charge in [0.25, 0.3) is 11.5 Å². The second-order valence-corrected chi connectivity index (χ2v) is 8.16. The number of H-pyrrole nitrogens is 1. The van der Waals surface area contributed by atoms with Gasteiger partial charge in [-0.2, -0.15) is 0 Å². The summed E-state index contributed by atoms with van der Waals surface area (Å²) in [5.74, 6) is 5.43. The van der Waals surface area contributed by atoms with E-state index >= 15 is 0 Å². The molecular weight excluding hydrogens is 432 g/mol. The Kier molecular flexibility index (Phi) is 6.04. The predicted octanol–water partition coefficient (Wildman–Crippen LogP) is 1.89. The van der Waals surface area contributed by atoms with E-state index in [1.165, 1.54) is 11.9 Å². The third-order valence-electron chi connectivity index (χ3n) is 5.85. The SMILES string of the molecule is O=C1N=C(Cc2nc[nH]c(=O)c2O)c2ccc(C#Cc3ccc(CN4CCOCC4)cc3)cc21. The average Bonchev–Trinajstić information content (AvgIpc) is 3.17. The lowest BCUT2D eigenvalue weighted by atomic mass is 9.99. The van der Waals surface area contributed by atoms with Crippen molar-refractivity contribution in [3.8, 4) is 17.6 Å². The van der Waals surface area contributed by atoms with Gasteiger partial charge in [0, 0.05) is 42.7 Å². The molecule has 1 saturated heterocycles. The molecule has 2 aliphatic rings. The van der Waals surface area contributed by atoms with Crippen molar-refractivity contribution in [2.24, 2.45) is 4.99 Å². The number of ether oxygens (including phenoxy) is 1. The van der Waals surface area contributed by atoms with Gasteiger partial charge < -0.3 is 14.8 Å². The summed E-state index contributed by atoms with van der Waals surface area (Å²) in [6, 6.07) is 13.5. The molecule has 0 spiro atoms. The number of hydrogen-bond acceptors (Lipinski definition) is 6. The van der Waals surface area contributed by atoms with Crippen LogP contribution in [-0.4, -0.2) is 57.9 Å². The minimum Gasteiger partial charge on any atom is -0.502 e. The van der Waals surface area contributed by atoms with Crippen molar-refractivity contribution in [1.82, 2.24) is 14.9 Å². The number of nitrogens with zero attached hydrogens (tertiary/aromatic N) is 3. The van der Waals surface area contributed by atoms with Crippen LogP contribution in [0.3, 0.4) is 0 Å². The number of benzene rings is 2. The molecule has 0 saturated carbocycles. The van der Waals surface area contributed by atoms with E-state index in [0.29, 0.717) is 22.4 Å². The smallest absolute Gasteiger partial charge is 0.293 e. The van der Waals surface area contributed by atoms with Gasteiger partial charge in [-0.15, -0.1) is 0 Å². The van der Waals surface area contributed by atoms with Crippen molar-refractivity contribution in [1.29, 1.82) is 0 Å². The highest BCUT2D eigenvalue weighted by Crippen LogP contribution is 2.23. The molecule has 1 fully saturated rings. The summed E-state index contributed by atoms with van der Waals surface area (Å²) in [4.78, 5) is 36.8. The topological polar surface area (TPSA) is 108 Å². The zero-order chi connectivity index (χ0) is 23.5. The first-order valence-corrected chi connectivity index (χ1v) is 11.0. The summed E-state index contributed by atoms with van der Waals surface area (Å²) in [5.41, 5.74) is 3.95. The van der Waals surface area contributed by atoms with Crippen LogP contribution in [0.2, 0.25) is 0 Å². The molecule has 0 unspecified atom stereocenters. The Morgan fingerprint density at radius 3 is 2.53 bits per heavy atom. The standard InChI is InChI=1S/C26H22N4O4/c31-24-23(27-16-28-26(24)33)14-22-20-8-7-18(13-21(20)25(32)29-22)4-1-17-2-5-19(6-3-17)15-30-9-11-34-12-10-30/h2-3,5-8,13,16,31H,9-12,14-15H2,(H,27,28,33). The van der Waals surface area contributed by atoms with Crippen molar-refractivity contribution >= 4 is 11.6 Å². The minimum atomic E-state index is -0.630. The van der Waals surface area contributed by atoms with Crippen molar-refractivity contribution in [3.05, 3.63) is 92.7 Å². The van der Waals surface area contributed by atoms with Gasteiger partial charge in [0.05, 0.1) is 36.5 Å². The van der Waals surface area contributed by atoms with Crippen LogP contribution < -0.4 is 5.56 Å². The summed E-state index contributed by atoms with van der Waals surface area (Å²) in [7, 11) is 0. The zero-order valence-corrected chi connectivity index (χ0v) is 18.4. The molecule has 1 aromatic heterocycles. The maximum atomic E-state index is 12.4. The molecule has 1 amide bonds. The van der Waals surface area contributed by atoms with Gasteiger partial charge in [0.1, 0.15) is 0 Å². The van der Waals surface area contributed by atoms with Crippen LogP contribution in [0.1, 0.15) is 38.3 Å². The highest BCUT2D eigenvalue weighted by Gasteiger charge is 2.25. The highest BCUT2D eigenvalue weighted by molar-refractivity contribution is 6.21. The third-order valence-corrected chi connectivity index (χ3v) is 5.85. The number of aromatic hydroxyl groups is 1. The lowest BCUT2D eigenvalue weighted by Crippen LogP contribution is -2.35. The van der Waals surface area contributed by atoms with Gasteiger partial charge in [0.2, 0.25) is 5.75 Å². The molecule has 3 heterocycles. The van der Waals surface area contributed by atoms with Crippen LogP contribution in [-0.2, 0) is 17.7 Å². The van der Waals surface area contributed by atoms with E-state index in [2.05, 4.69) is 43.8 Å². The summed E-state index contributed by atoms with van der Waals surface area (Å²) < 4.78 is 5.39. The molecule has 3 aromatic rings. The molecule has 0 radical (unpaired) electrons. The summed E-state index contributed by atoms with van der Waals surface area (Å²) in [6.07, 6.45) is 1.29. The molecule has 0 atom stereocenters. The van der Waals surface area contributed by atoms with Crippen LogP contribution in [0.15, 0.2) is 58.6 Å². The van der Waals surface area contributed by atoms with Gasteiger partial charge in [-0.25, -0.2) is 9.98 Å². The lowest BCUT2D eigenvalue weighted by Gasteiger charge is -2.26. The van der Waals surface area contributed by atoms with Crippen molar-refractivity contribution in [2.75, 3.05) is 26.3 Å². The van der Waals surface area contributed by atoms with Crippen LogP contribution >= 0.6 is 0 Å². The van der Waals surface area contributed by atoms with Crippen LogP contribution in [0.4, 0.5) is 0 Å². The molecule has 5 rings (SSSR count). The molecule has 0 bridgehead atoms. The van der Waals surface area contributed by atoms with E-state index in [1.807, 2.05) is 18.2 Å². The van der Waals surface area contributed by atoms with Crippen molar-refractivity contribution in [2.45, 2.75) is 13.0 Å². The number of fused-ring (bicyclic) bond motifs is 1. The van der Waals surface area contributed by atoms with Gasteiger partial charge in [-0.3, -0.25) is 14.5 Å². The normalized spacial score (nSPS) is 15.4. The Hall–Kier alpha value is -4.06. The second-order valence-electron chi connectivity index (χ2n) is 8.16. The van der Waals surface area contributed by atoms with Crippen LogP contribution in [0.5, 0.6) is 5.75 Å². The van der Waals surface area contributed by atoms with E-state index in [1.54, 1.807) is 12.1 Å². The molecule has 2 aromatic carbocycles. The number of amides is 1. The number of carbonyl (C=O) groups is 1. The molecule has 8 nitrogen and oxygen atoms in total. The molecular formula is C26H22N4O4. The number of morpholine rings is 1. The number of aliphatic imine (C=N–C) groups is 1. The lowest BCUT2D eigenvalue weighted by molar-refractivity contribution is 0.0342. The van der Waals surface area contributed by atoms with Crippen LogP contribution in [0.25, 0.3) is 0 Å². The minimum absolute atomic E-state index is 0.0797. The fourth-order valence-corrected chi connectivity index (χ4v) is 4.00. The van der Waals surface area contributed by atoms with Gasteiger partial charge in [-0.05, 0) is 29.8 Å². The van der Waals surface area contributed by atoms with Gasteiger partial charge in [0.15, 0.2) is 0 Å². The fourth-order valence-electron chi connectivity index (χ4n) is 4.00. The molecule has 0 aliphatic carbocycles. The summed E-state index contributed by atoms with van der Waals surface area (Å²) >= 11 is 0. The Labute approximate surface area is 196 Å². The number of hydrogen-bond donors (Lipinski definition) is 2. The van der Waals surface area contributed by atoms with Crippen molar-refractivity contribution in [3.63, 3.8) is 0 Å². The van der Waals surface area contributed by atoms with Gasteiger partial charge in [-0.1, -0.05) is 30.0 Å². The Balaban J connectivity index is 1.29. The predicted molar refractivity (Wildman–Crippen MR) is 126 cm³/mol. The molecule has 170 valence electrons. The third kappa shape index (κ3) is 4.66. The molecule has 8 heteroatoms. The number of carbonyl (C=O) groups excluding carboxylic acids is 1. The average molecular weight is 454 g/mol. The Morgan fingerprint density at radius 2 is 1.74 bits per heavy atom. The Morgan fingerprint density at radius 1 is 1.00 bits per heavy atom. The van der Waals surface area contributed by atoms with Crippen molar-refractivity contribution < 1.29 is 14.6 Å². The number of rotatable bonds is 4. The second kappa shape index (κ2) is 9.43. The fraction of sp³-hybridized carbons (Fsp3) is 0.231. The number of aromatic nitrogens is 2. The molecule has 2 N–H and O–H groups in total. The number of nitrogens with one attached hydrogen (secondary N) is 1. The first-order chi connectivity index (χ1) is 16.6. The first kappa shape index (κ1) is 21.8. The summed E-state index contributed by atoms with van der Waals surface area (Å²) in [6.45, 7) is 4.36. The van der Waals surface area contributed by atoms with Gasteiger partial charge >= 0.3 is 0 Å². The quantitative estimate of drug-likeness (QED) is 0.583. The van der Waals surface area contributed by atoms with E-state index < -0.39 is 11.3 Å². The maximum absolute atomic E-state index is 12.4. The first-order valence-electron chi connectivity index (χ1n) is 11.0. The monoisotopic (exact) mass is 454 g/mol. The van der Waals surface area contributed by atoms with E-state index in [4.69, 9.17) is 4.74 Å². The Bertz CT molecular complexity index is 1390. The largest absolute Gasteiger partial charge is 0.502 e. The summed E-state index contributed by atoms with van der Waals surface area (Å²) in [5, 5.41) is 9.92. The van der Waals surface area contributed by atoms with E-state index in [9.17, 15) is 14.7 Å². The van der Waals surface area contributed by atoms with E-state index in [0.717, 1.165) is 38.4 Å². The molecule has 34 heavy (non-hydrogen) atoms. The van der Waals surface area contributed by atoms with Crippen LogP contribution in [0, 0.1) is 11.8 Å². The number of aromatic amines is 1. The van der Waals surface area contributed by atoms with E-state index in [-0.39, 0.29) is 18.0 Å². The maximum Gasteiger partial charge on any atom is 0.293 e.